The summed E-state index contributed by atoms with van der Waals surface area (Å²) in [5.41, 5.74) is 0. The van der Waals surface area contributed by atoms with Crippen LogP contribution in [0.25, 0.3) is 0 Å². The highest BCUT2D eigenvalue weighted by Gasteiger charge is 1.97. The van der Waals surface area contributed by atoms with Crippen LogP contribution in [0.2, 0.25) is 0 Å². The van der Waals surface area contributed by atoms with E-state index in [9.17, 15) is 0 Å². The van der Waals surface area contributed by atoms with Gasteiger partial charge in [0.05, 0.1) is 6.61 Å². The Balaban J connectivity index is 2.97. The quantitative estimate of drug-likeness (QED) is 0.556. The summed E-state index contributed by atoms with van der Waals surface area (Å²) in [5.74, 6) is 0. The molecule has 68 valence electrons. The molecule has 0 bridgehead atoms. The van der Waals surface area contributed by atoms with E-state index in [1.807, 2.05) is 0 Å². The highest BCUT2D eigenvalue weighted by molar-refractivity contribution is 4.57. The van der Waals surface area contributed by atoms with Crippen LogP contribution in [0.15, 0.2) is 0 Å². The summed E-state index contributed by atoms with van der Waals surface area (Å²) in [5, 5.41) is 3.31. The third-order valence-corrected chi connectivity index (χ3v) is 1.43. The topological polar surface area (TPSA) is 30.5 Å². The zero-order valence-electron chi connectivity index (χ0n) is 7.72. The molecule has 0 rings (SSSR count). The van der Waals surface area contributed by atoms with E-state index in [4.69, 9.17) is 9.47 Å². The van der Waals surface area contributed by atoms with Crippen LogP contribution in [-0.2, 0) is 9.47 Å². The Hall–Kier alpha value is -0.120. The van der Waals surface area contributed by atoms with Crippen LogP contribution in [0.1, 0.15) is 13.3 Å². The van der Waals surface area contributed by atoms with Crippen molar-refractivity contribution >= 4 is 0 Å². The second-order valence-corrected chi connectivity index (χ2v) is 2.66. The van der Waals surface area contributed by atoms with Gasteiger partial charge in [-0.2, -0.15) is 0 Å². The average molecular weight is 161 g/mol. The molecule has 3 nitrogen and oxygen atoms in total. The van der Waals surface area contributed by atoms with Gasteiger partial charge in [0.1, 0.15) is 0 Å². The van der Waals surface area contributed by atoms with Crippen LogP contribution in [-0.4, -0.2) is 40.0 Å². The molecule has 0 saturated carbocycles. The molecule has 1 atom stereocenters. The van der Waals surface area contributed by atoms with Crippen LogP contribution in [0.4, 0.5) is 0 Å². The molecule has 0 aromatic rings. The minimum Gasteiger partial charge on any atom is -0.385 e. The van der Waals surface area contributed by atoms with Crippen molar-refractivity contribution < 1.29 is 9.47 Å². The van der Waals surface area contributed by atoms with E-state index in [0.29, 0.717) is 6.04 Å². The second kappa shape index (κ2) is 7.98. The van der Waals surface area contributed by atoms with Crippen LogP contribution in [0.5, 0.6) is 0 Å². The van der Waals surface area contributed by atoms with Gasteiger partial charge in [0.2, 0.25) is 0 Å². The molecule has 0 radical (unpaired) electrons. The molecule has 11 heavy (non-hydrogen) atoms. The maximum Gasteiger partial charge on any atom is 0.0613 e. The van der Waals surface area contributed by atoms with Gasteiger partial charge in [-0.25, -0.2) is 0 Å². The summed E-state index contributed by atoms with van der Waals surface area (Å²) in [4.78, 5) is 0. The number of nitrogens with one attached hydrogen (secondary N) is 1. The fraction of sp³-hybridized carbons (Fsp3) is 1.00. The normalized spacial score (nSPS) is 13.4. The first-order chi connectivity index (χ1) is 5.31. The summed E-state index contributed by atoms with van der Waals surface area (Å²) >= 11 is 0. The minimum atomic E-state index is 0.442. The minimum absolute atomic E-state index is 0.442. The summed E-state index contributed by atoms with van der Waals surface area (Å²) in [6.07, 6.45) is 1.06. The summed E-state index contributed by atoms with van der Waals surface area (Å²) in [7, 11) is 3.44. The van der Waals surface area contributed by atoms with E-state index in [1.54, 1.807) is 14.2 Å². The molecule has 0 aliphatic rings. The smallest absolute Gasteiger partial charge is 0.0613 e. The molecule has 0 aliphatic carbocycles. The van der Waals surface area contributed by atoms with Crippen molar-refractivity contribution in [1.82, 2.24) is 5.32 Å². The summed E-state index contributed by atoms with van der Waals surface area (Å²) in [6, 6.07) is 0.442. The first-order valence-corrected chi connectivity index (χ1v) is 4.02. The largest absolute Gasteiger partial charge is 0.385 e. The highest BCUT2D eigenvalue weighted by Crippen LogP contribution is 1.83. The molecular formula is C8H19NO2. The molecule has 0 spiro atoms. The highest BCUT2D eigenvalue weighted by atomic mass is 16.5. The molecule has 0 saturated heterocycles. The van der Waals surface area contributed by atoms with E-state index in [0.717, 1.165) is 26.2 Å². The molecule has 1 unspecified atom stereocenters. The van der Waals surface area contributed by atoms with Gasteiger partial charge in [0.15, 0.2) is 0 Å². The molecule has 3 heteroatoms. The van der Waals surface area contributed by atoms with Crippen LogP contribution in [0.3, 0.4) is 0 Å². The van der Waals surface area contributed by atoms with Crippen molar-refractivity contribution in [2.45, 2.75) is 19.4 Å². The number of hydrogen-bond donors (Lipinski definition) is 1. The predicted octanol–water partition coefficient (Wildman–Crippen LogP) is 0.647. The first-order valence-electron chi connectivity index (χ1n) is 4.02. The average Bonchev–Trinajstić information content (AvgIpc) is 1.99. The van der Waals surface area contributed by atoms with Gasteiger partial charge in [0.25, 0.3) is 0 Å². The summed E-state index contributed by atoms with van der Waals surface area (Å²) in [6.45, 7) is 4.70. The first kappa shape index (κ1) is 10.9. The van der Waals surface area contributed by atoms with Gasteiger partial charge < -0.3 is 14.8 Å². The number of hydrogen-bond acceptors (Lipinski definition) is 3. The maximum absolute atomic E-state index is 4.97. The fourth-order valence-corrected chi connectivity index (χ4v) is 0.874. The van der Waals surface area contributed by atoms with E-state index < -0.39 is 0 Å². The summed E-state index contributed by atoms with van der Waals surface area (Å²) < 4.78 is 9.88. The molecule has 0 aliphatic heterocycles. The van der Waals surface area contributed by atoms with Crippen molar-refractivity contribution in [3.8, 4) is 0 Å². The zero-order chi connectivity index (χ0) is 8.53. The SMILES string of the molecule is COCCCNC(C)COC. The fourth-order valence-electron chi connectivity index (χ4n) is 0.874. The molecule has 0 aromatic heterocycles. The van der Waals surface area contributed by atoms with Crippen LogP contribution in [0, 0.1) is 0 Å². The van der Waals surface area contributed by atoms with Gasteiger partial charge in [-0.1, -0.05) is 0 Å². The Bertz CT molecular complexity index is 78.5. The molecular weight excluding hydrogens is 142 g/mol. The van der Waals surface area contributed by atoms with Crippen LogP contribution >= 0.6 is 0 Å². The predicted molar refractivity (Wildman–Crippen MR) is 45.8 cm³/mol. The van der Waals surface area contributed by atoms with Gasteiger partial charge in [-0.15, -0.1) is 0 Å². The Labute approximate surface area is 69.1 Å². The lowest BCUT2D eigenvalue weighted by atomic mass is 10.3. The van der Waals surface area contributed by atoms with Crippen molar-refractivity contribution in [2.24, 2.45) is 0 Å². The van der Waals surface area contributed by atoms with Crippen molar-refractivity contribution in [3.63, 3.8) is 0 Å². The lowest BCUT2D eigenvalue weighted by Crippen LogP contribution is -2.31. The monoisotopic (exact) mass is 161 g/mol. The molecule has 0 fully saturated rings. The lowest BCUT2D eigenvalue weighted by molar-refractivity contribution is 0.165. The van der Waals surface area contributed by atoms with Gasteiger partial charge in [-0.05, 0) is 19.9 Å². The zero-order valence-corrected chi connectivity index (χ0v) is 7.72. The Kier molecular flexibility index (Phi) is 7.89. The number of ether oxygens (including phenoxy) is 2. The third kappa shape index (κ3) is 7.78. The maximum atomic E-state index is 4.97. The molecule has 0 heterocycles. The molecule has 0 aromatic carbocycles. The van der Waals surface area contributed by atoms with E-state index in [1.165, 1.54) is 0 Å². The van der Waals surface area contributed by atoms with Gasteiger partial charge in [0, 0.05) is 26.9 Å². The lowest BCUT2D eigenvalue weighted by Gasteiger charge is -2.11. The van der Waals surface area contributed by atoms with Crippen molar-refractivity contribution in [3.05, 3.63) is 0 Å². The van der Waals surface area contributed by atoms with E-state index in [2.05, 4.69) is 12.2 Å². The standard InChI is InChI=1S/C8H19NO2/c1-8(7-11-3)9-5-4-6-10-2/h8-9H,4-7H2,1-3H3. The van der Waals surface area contributed by atoms with Crippen molar-refractivity contribution in [1.29, 1.82) is 0 Å². The van der Waals surface area contributed by atoms with E-state index >= 15 is 0 Å². The Morgan fingerprint density at radius 2 is 2.00 bits per heavy atom. The van der Waals surface area contributed by atoms with E-state index in [-0.39, 0.29) is 0 Å². The van der Waals surface area contributed by atoms with Crippen molar-refractivity contribution in [2.75, 3.05) is 34.0 Å². The van der Waals surface area contributed by atoms with Gasteiger partial charge >= 0.3 is 0 Å². The van der Waals surface area contributed by atoms with Crippen LogP contribution < -0.4 is 5.32 Å². The number of rotatable bonds is 7. The number of methoxy groups -OCH3 is 2. The second-order valence-electron chi connectivity index (χ2n) is 2.66. The molecule has 1 N–H and O–H groups in total. The molecule has 0 amide bonds. The Morgan fingerprint density at radius 3 is 2.55 bits per heavy atom. The third-order valence-electron chi connectivity index (χ3n) is 1.43. The van der Waals surface area contributed by atoms with Gasteiger partial charge in [-0.3, -0.25) is 0 Å². The Morgan fingerprint density at radius 1 is 1.27 bits per heavy atom.